The summed E-state index contributed by atoms with van der Waals surface area (Å²) in [4.78, 5) is 23.3. The second-order valence-electron chi connectivity index (χ2n) is 8.47. The number of benzene rings is 1. The Morgan fingerprint density at radius 1 is 0.778 bits per heavy atom. The first kappa shape index (κ1) is 21.8. The van der Waals surface area contributed by atoms with Crippen LogP contribution in [0.4, 0.5) is 8.63 Å². The van der Waals surface area contributed by atoms with Crippen molar-refractivity contribution in [3.63, 3.8) is 0 Å². The van der Waals surface area contributed by atoms with Crippen LogP contribution in [0.5, 0.6) is 5.75 Å². The minimum absolute atomic E-state index is 0.214. The van der Waals surface area contributed by atoms with Gasteiger partial charge in [-0.2, -0.15) is 0 Å². The summed E-state index contributed by atoms with van der Waals surface area (Å²) < 4.78 is 43.4. The topological polar surface area (TPSA) is 61.2 Å². The molecule has 0 N–H and O–H groups in total. The number of halogens is 2. The quantitative estimate of drug-likeness (QED) is 0.420. The van der Waals surface area contributed by atoms with Gasteiger partial charge < -0.3 is 26.9 Å². The zero-order chi connectivity index (χ0) is 25.0. The van der Waals surface area contributed by atoms with Crippen molar-refractivity contribution in [2.75, 3.05) is 7.11 Å². The minimum Gasteiger partial charge on any atom is -0.497 e. The fourth-order valence-electron chi connectivity index (χ4n) is 4.79. The van der Waals surface area contributed by atoms with Crippen molar-refractivity contribution in [3.8, 4) is 11.6 Å². The van der Waals surface area contributed by atoms with Gasteiger partial charge in [-0.15, -0.1) is 0 Å². The number of pyridine rings is 2. The first-order valence-corrected chi connectivity index (χ1v) is 11.2. The Morgan fingerprint density at radius 3 is 2.00 bits per heavy atom. The lowest BCUT2D eigenvalue weighted by Gasteiger charge is -2.37. The number of methoxy groups -OCH3 is 1. The van der Waals surface area contributed by atoms with E-state index >= 15 is 8.63 Å². The van der Waals surface area contributed by atoms with E-state index in [0.29, 0.717) is 22.7 Å². The first-order valence-electron chi connectivity index (χ1n) is 11.2. The lowest BCUT2D eigenvalue weighted by atomic mass is 9.86. The van der Waals surface area contributed by atoms with E-state index in [1.807, 2.05) is 12.1 Å². The highest BCUT2D eigenvalue weighted by molar-refractivity contribution is 6.58. The second-order valence-corrected chi connectivity index (χ2v) is 8.47. The molecule has 3 aromatic heterocycles. The first-order chi connectivity index (χ1) is 17.4. The fraction of sp³-hybridized carbons (Fsp3) is 0.0385. The SMILES string of the molecule is COc1ccc(C2=C3C=CC(n4ccc(=O)cc4)=[N+]3[B-](F)(F)n3c2ccc3-n2ccc(=O)cc2)cc1. The molecule has 7 nitrogen and oxygen atoms in total. The Kier molecular flexibility index (Phi) is 4.79. The average molecular weight is 484 g/mol. The van der Waals surface area contributed by atoms with Crippen molar-refractivity contribution in [3.05, 3.63) is 135 Å². The summed E-state index contributed by atoms with van der Waals surface area (Å²) in [5.41, 5.74) is 1.61. The average Bonchev–Trinajstić information content (AvgIpc) is 3.52. The molecule has 0 aliphatic carbocycles. The summed E-state index contributed by atoms with van der Waals surface area (Å²) >= 11 is 0. The van der Waals surface area contributed by atoms with Crippen LogP contribution >= 0.6 is 0 Å². The summed E-state index contributed by atoms with van der Waals surface area (Å²) in [6, 6.07) is 15.8. The van der Waals surface area contributed by atoms with Crippen LogP contribution < -0.4 is 15.6 Å². The van der Waals surface area contributed by atoms with Crippen LogP contribution in [0.25, 0.3) is 11.4 Å². The van der Waals surface area contributed by atoms with Crippen LogP contribution in [0.2, 0.25) is 0 Å². The molecule has 36 heavy (non-hydrogen) atoms. The van der Waals surface area contributed by atoms with Gasteiger partial charge in [-0.05, 0) is 35.9 Å². The van der Waals surface area contributed by atoms with Crippen molar-refractivity contribution in [1.82, 2.24) is 13.6 Å². The number of nitrogens with zero attached hydrogens (tertiary/aromatic N) is 4. The Hall–Kier alpha value is -4.73. The molecule has 6 rings (SSSR count). The van der Waals surface area contributed by atoms with Crippen molar-refractivity contribution in [2.24, 2.45) is 0 Å². The molecule has 0 saturated heterocycles. The highest BCUT2D eigenvalue weighted by Crippen LogP contribution is 2.41. The van der Waals surface area contributed by atoms with Gasteiger partial charge in [0.2, 0.25) is 5.84 Å². The number of hydrogen-bond donors (Lipinski definition) is 0. The summed E-state index contributed by atoms with van der Waals surface area (Å²) in [6.45, 7) is -4.37. The highest BCUT2D eigenvalue weighted by atomic mass is 19.2. The van der Waals surface area contributed by atoms with Crippen LogP contribution in [-0.2, 0) is 0 Å². The molecule has 0 fully saturated rings. The summed E-state index contributed by atoms with van der Waals surface area (Å²) in [5, 5.41) is 0. The number of rotatable bonds is 3. The Bertz CT molecular complexity index is 1700. The van der Waals surface area contributed by atoms with Gasteiger partial charge in [0.15, 0.2) is 10.9 Å². The minimum atomic E-state index is -4.37. The van der Waals surface area contributed by atoms with E-state index in [1.165, 1.54) is 58.2 Å². The number of aromatic nitrogens is 3. The molecule has 0 unspecified atom stereocenters. The van der Waals surface area contributed by atoms with E-state index in [1.54, 1.807) is 43.5 Å². The van der Waals surface area contributed by atoms with Gasteiger partial charge in [0.1, 0.15) is 5.75 Å². The van der Waals surface area contributed by atoms with Crippen LogP contribution in [0.15, 0.2) is 113 Å². The molecule has 1 aromatic carbocycles. The molecule has 0 bridgehead atoms. The summed E-state index contributed by atoms with van der Waals surface area (Å²) in [6.07, 6.45) is 9.16. The van der Waals surface area contributed by atoms with Gasteiger partial charge in [0, 0.05) is 54.0 Å². The molecule has 10 heteroatoms. The monoisotopic (exact) mass is 484 g/mol. The number of allylic oxidation sites excluding steroid dienone is 2. The van der Waals surface area contributed by atoms with Gasteiger partial charge in [-0.25, -0.2) is 4.57 Å². The van der Waals surface area contributed by atoms with Gasteiger partial charge in [-0.3, -0.25) is 9.59 Å². The van der Waals surface area contributed by atoms with E-state index in [9.17, 15) is 9.59 Å². The Balaban J connectivity index is 1.67. The normalized spacial score (nSPS) is 15.8. The van der Waals surface area contributed by atoms with E-state index in [-0.39, 0.29) is 22.5 Å². The van der Waals surface area contributed by atoms with E-state index in [0.717, 1.165) is 14.5 Å². The molecule has 178 valence electrons. The number of fused-ring (bicyclic) bond motifs is 2. The molecular weight excluding hydrogens is 465 g/mol. The zero-order valence-corrected chi connectivity index (χ0v) is 19.1. The van der Waals surface area contributed by atoms with Crippen LogP contribution in [0, 0.1) is 0 Å². The fourth-order valence-corrected chi connectivity index (χ4v) is 4.79. The van der Waals surface area contributed by atoms with Crippen LogP contribution in [0.1, 0.15) is 11.3 Å². The molecule has 0 spiro atoms. The highest BCUT2D eigenvalue weighted by Gasteiger charge is 2.50. The third-order valence-electron chi connectivity index (χ3n) is 6.43. The van der Waals surface area contributed by atoms with Gasteiger partial charge in [0.25, 0.3) is 0 Å². The molecule has 2 aliphatic heterocycles. The smallest absolute Gasteiger partial charge is 0.497 e. The third kappa shape index (κ3) is 3.22. The van der Waals surface area contributed by atoms with Crippen molar-refractivity contribution in [2.45, 2.75) is 0 Å². The standard InChI is InChI=1S/C26H19BF2N4O3/c1-36-21-4-2-18(3-5-21)26-22-6-8-24(30-14-10-19(34)11-15-30)32(22)27(28,29)33-23(26)7-9-25(33)31-16-12-20(35)13-17-31/h2-17H,1H3. The maximum atomic E-state index is 16.5. The predicted molar refractivity (Wildman–Crippen MR) is 133 cm³/mol. The van der Waals surface area contributed by atoms with Gasteiger partial charge in [-0.1, -0.05) is 12.1 Å². The molecular formula is C26H19BF2N4O3. The number of ether oxygens (including phenoxy) is 1. The van der Waals surface area contributed by atoms with Gasteiger partial charge >= 0.3 is 6.97 Å². The van der Waals surface area contributed by atoms with Crippen molar-refractivity contribution >= 4 is 18.4 Å². The lowest BCUT2D eigenvalue weighted by Crippen LogP contribution is -2.52. The van der Waals surface area contributed by atoms with E-state index < -0.39 is 6.97 Å². The number of hydrogen-bond acceptors (Lipinski definition) is 3. The molecule has 0 amide bonds. The molecule has 2 aliphatic rings. The largest absolute Gasteiger partial charge is 0.640 e. The Morgan fingerprint density at radius 2 is 1.39 bits per heavy atom. The van der Waals surface area contributed by atoms with E-state index in [2.05, 4.69) is 0 Å². The van der Waals surface area contributed by atoms with Crippen LogP contribution in [-0.4, -0.2) is 38.0 Å². The third-order valence-corrected chi connectivity index (χ3v) is 6.43. The van der Waals surface area contributed by atoms with Crippen LogP contribution in [0.3, 0.4) is 0 Å². The molecule has 0 saturated carbocycles. The van der Waals surface area contributed by atoms with Gasteiger partial charge in [0.05, 0.1) is 31.0 Å². The maximum absolute atomic E-state index is 16.5. The van der Waals surface area contributed by atoms with Crippen molar-refractivity contribution < 1.29 is 17.9 Å². The summed E-state index contributed by atoms with van der Waals surface area (Å²) in [7, 11) is 1.56. The van der Waals surface area contributed by atoms with E-state index in [4.69, 9.17) is 4.74 Å². The molecule has 0 radical (unpaired) electrons. The second kappa shape index (κ2) is 7.91. The maximum Gasteiger partial charge on any atom is 0.640 e. The van der Waals surface area contributed by atoms with Crippen molar-refractivity contribution in [1.29, 1.82) is 0 Å². The molecule has 4 aromatic rings. The Labute approximate surface area is 203 Å². The lowest BCUT2D eigenvalue weighted by molar-refractivity contribution is -0.363. The summed E-state index contributed by atoms with van der Waals surface area (Å²) in [5.74, 6) is 1.08. The molecule has 0 atom stereocenters. The predicted octanol–water partition coefficient (Wildman–Crippen LogP) is 3.33. The molecule has 5 heterocycles. The zero-order valence-electron chi connectivity index (χ0n) is 19.1.